The van der Waals surface area contributed by atoms with Crippen molar-refractivity contribution < 1.29 is 9.84 Å². The van der Waals surface area contributed by atoms with Gasteiger partial charge >= 0.3 is 0 Å². The van der Waals surface area contributed by atoms with Crippen LogP contribution in [0.25, 0.3) is 10.2 Å². The van der Waals surface area contributed by atoms with Crippen molar-refractivity contribution in [2.75, 3.05) is 19.7 Å². The largest absolute Gasteiger partial charge is 0.390 e. The molecule has 2 aromatic rings. The number of morpholine rings is 1. The molecule has 0 saturated carbocycles. The fourth-order valence-electron chi connectivity index (χ4n) is 3.39. The molecule has 0 radical (unpaired) electrons. The van der Waals surface area contributed by atoms with Crippen molar-refractivity contribution in [2.45, 2.75) is 37.5 Å². The lowest BCUT2D eigenvalue weighted by atomic mass is 10.1. The summed E-state index contributed by atoms with van der Waals surface area (Å²) in [5.41, 5.74) is 1.02. The van der Waals surface area contributed by atoms with Crippen LogP contribution < -0.4 is 0 Å². The summed E-state index contributed by atoms with van der Waals surface area (Å²) in [5, 5.41) is 11.5. The molecule has 21 heavy (non-hydrogen) atoms. The Hall–Kier alpha value is -1.01. The first-order chi connectivity index (χ1) is 10.3. The van der Waals surface area contributed by atoms with E-state index >= 15 is 0 Å². The summed E-state index contributed by atoms with van der Waals surface area (Å²) in [6.07, 6.45) is 2.54. The molecule has 0 spiro atoms. The van der Waals surface area contributed by atoms with Gasteiger partial charge < -0.3 is 9.84 Å². The number of hydrogen-bond donors (Lipinski definition) is 1. The molecule has 2 aliphatic heterocycles. The minimum Gasteiger partial charge on any atom is -0.390 e. The zero-order chi connectivity index (χ0) is 14.2. The molecule has 5 heteroatoms. The van der Waals surface area contributed by atoms with E-state index in [2.05, 4.69) is 16.0 Å². The van der Waals surface area contributed by atoms with Crippen LogP contribution in [-0.2, 0) is 11.2 Å². The molecular weight excluding hydrogens is 284 g/mol. The Labute approximate surface area is 128 Å². The number of hydrogen-bond acceptors (Lipinski definition) is 5. The first-order valence-electron chi connectivity index (χ1n) is 7.68. The van der Waals surface area contributed by atoms with Crippen LogP contribution >= 0.6 is 11.3 Å². The Morgan fingerprint density at radius 3 is 3.24 bits per heavy atom. The Kier molecular flexibility index (Phi) is 3.67. The number of ether oxygens (including phenoxy) is 1. The number of aromatic nitrogens is 1. The summed E-state index contributed by atoms with van der Waals surface area (Å²) in [6, 6.07) is 8.71. The number of rotatable bonds is 3. The number of benzene rings is 1. The first kappa shape index (κ1) is 13.6. The van der Waals surface area contributed by atoms with Crippen molar-refractivity contribution in [3.8, 4) is 0 Å². The van der Waals surface area contributed by atoms with Gasteiger partial charge in [-0.05, 0) is 31.5 Å². The molecule has 2 aliphatic rings. The zero-order valence-corrected chi connectivity index (χ0v) is 12.8. The Balaban J connectivity index is 1.44. The summed E-state index contributed by atoms with van der Waals surface area (Å²) in [5.74, 6) is 0. The summed E-state index contributed by atoms with van der Waals surface area (Å²) in [4.78, 5) is 7.07. The van der Waals surface area contributed by atoms with E-state index in [1.807, 2.05) is 18.2 Å². The third-order valence-electron chi connectivity index (χ3n) is 4.57. The smallest absolute Gasteiger partial charge is 0.0965 e. The van der Waals surface area contributed by atoms with Gasteiger partial charge in [0, 0.05) is 19.0 Å². The van der Waals surface area contributed by atoms with Crippen molar-refractivity contribution in [3.05, 3.63) is 29.3 Å². The van der Waals surface area contributed by atoms with Gasteiger partial charge in [-0.2, -0.15) is 0 Å². The third kappa shape index (κ3) is 2.71. The Morgan fingerprint density at radius 1 is 1.43 bits per heavy atom. The highest BCUT2D eigenvalue weighted by Crippen LogP contribution is 2.26. The van der Waals surface area contributed by atoms with Crippen LogP contribution in [0.3, 0.4) is 0 Å². The zero-order valence-electron chi connectivity index (χ0n) is 11.9. The molecule has 4 rings (SSSR count). The van der Waals surface area contributed by atoms with Crippen LogP contribution in [0.5, 0.6) is 0 Å². The standard InChI is InChI=1S/C16H20N2O2S/c19-13(14-9-18-7-3-4-11(18)10-20-14)8-16-17-12-5-1-2-6-15(12)21-16/h1-2,5-6,11,13-14,19H,3-4,7-10H2. The second-order valence-corrected chi connectivity index (χ2v) is 7.12. The molecule has 3 unspecified atom stereocenters. The maximum absolute atomic E-state index is 10.5. The SMILES string of the molecule is OC(Cc1nc2ccccc2s1)C1CN2CCCC2CO1. The minimum absolute atomic E-state index is 0.0774. The van der Waals surface area contributed by atoms with Crippen molar-refractivity contribution >= 4 is 21.6 Å². The number of thiazole rings is 1. The average molecular weight is 304 g/mol. The molecule has 2 saturated heterocycles. The Bertz CT molecular complexity index is 597. The highest BCUT2D eigenvalue weighted by atomic mass is 32.1. The van der Waals surface area contributed by atoms with Crippen molar-refractivity contribution in [3.63, 3.8) is 0 Å². The molecule has 1 aromatic carbocycles. The van der Waals surface area contributed by atoms with Crippen LogP contribution in [0, 0.1) is 0 Å². The second-order valence-electron chi connectivity index (χ2n) is 6.01. The molecular formula is C16H20N2O2S. The normalized spacial score (nSPS) is 27.9. The molecule has 1 aromatic heterocycles. The van der Waals surface area contributed by atoms with Gasteiger partial charge in [-0.15, -0.1) is 11.3 Å². The van der Waals surface area contributed by atoms with Crippen molar-refractivity contribution in [1.29, 1.82) is 0 Å². The average Bonchev–Trinajstić information content (AvgIpc) is 3.11. The van der Waals surface area contributed by atoms with E-state index in [-0.39, 0.29) is 6.10 Å². The van der Waals surface area contributed by atoms with Gasteiger partial charge in [-0.1, -0.05) is 12.1 Å². The second kappa shape index (κ2) is 5.65. The van der Waals surface area contributed by atoms with Crippen LogP contribution in [0.2, 0.25) is 0 Å². The van der Waals surface area contributed by atoms with E-state index in [9.17, 15) is 5.11 Å². The third-order valence-corrected chi connectivity index (χ3v) is 5.63. The van der Waals surface area contributed by atoms with Gasteiger partial charge in [0.25, 0.3) is 0 Å². The van der Waals surface area contributed by atoms with E-state index in [4.69, 9.17) is 4.74 Å². The molecule has 2 fully saturated rings. The van der Waals surface area contributed by atoms with Gasteiger partial charge in [0.05, 0.1) is 34.0 Å². The van der Waals surface area contributed by atoms with E-state index in [1.165, 1.54) is 17.5 Å². The highest BCUT2D eigenvalue weighted by Gasteiger charge is 2.35. The summed E-state index contributed by atoms with van der Waals surface area (Å²) >= 11 is 1.67. The maximum Gasteiger partial charge on any atom is 0.0965 e. The van der Waals surface area contributed by atoms with Gasteiger partial charge in [0.15, 0.2) is 0 Å². The van der Waals surface area contributed by atoms with Crippen LogP contribution in [0.1, 0.15) is 17.8 Å². The number of aliphatic hydroxyl groups excluding tert-OH is 1. The Morgan fingerprint density at radius 2 is 2.33 bits per heavy atom. The summed E-state index contributed by atoms with van der Waals surface area (Å²) in [6.45, 7) is 2.77. The van der Waals surface area contributed by atoms with E-state index < -0.39 is 6.10 Å². The van der Waals surface area contributed by atoms with Crippen LogP contribution in [0.4, 0.5) is 0 Å². The molecule has 112 valence electrons. The van der Waals surface area contributed by atoms with E-state index in [0.29, 0.717) is 12.5 Å². The lowest BCUT2D eigenvalue weighted by Crippen LogP contribution is -2.50. The van der Waals surface area contributed by atoms with Gasteiger partial charge in [-0.3, -0.25) is 4.90 Å². The molecule has 3 atom stereocenters. The van der Waals surface area contributed by atoms with Crippen molar-refractivity contribution in [1.82, 2.24) is 9.88 Å². The molecule has 0 amide bonds. The predicted octanol–water partition coefficient (Wildman–Crippen LogP) is 2.06. The lowest BCUT2D eigenvalue weighted by molar-refractivity contribution is -0.101. The number of aliphatic hydroxyl groups is 1. The fourth-order valence-corrected chi connectivity index (χ4v) is 4.41. The fraction of sp³-hybridized carbons (Fsp3) is 0.562. The predicted molar refractivity (Wildman–Crippen MR) is 83.7 cm³/mol. The quantitative estimate of drug-likeness (QED) is 0.943. The van der Waals surface area contributed by atoms with Gasteiger partial charge in [-0.25, -0.2) is 4.98 Å². The minimum atomic E-state index is -0.466. The first-order valence-corrected chi connectivity index (χ1v) is 8.49. The summed E-state index contributed by atoms with van der Waals surface area (Å²) < 4.78 is 7.07. The molecule has 3 heterocycles. The molecule has 1 N–H and O–H groups in total. The van der Waals surface area contributed by atoms with Crippen LogP contribution in [-0.4, -0.2) is 52.9 Å². The van der Waals surface area contributed by atoms with Crippen molar-refractivity contribution in [2.24, 2.45) is 0 Å². The number of nitrogens with zero attached hydrogens (tertiary/aromatic N) is 2. The van der Waals surface area contributed by atoms with Crippen LogP contribution in [0.15, 0.2) is 24.3 Å². The van der Waals surface area contributed by atoms with E-state index in [0.717, 1.165) is 30.2 Å². The number of para-hydroxylation sites is 1. The molecule has 0 bridgehead atoms. The highest BCUT2D eigenvalue weighted by molar-refractivity contribution is 7.18. The topological polar surface area (TPSA) is 45.6 Å². The van der Waals surface area contributed by atoms with E-state index in [1.54, 1.807) is 11.3 Å². The lowest BCUT2D eigenvalue weighted by Gasteiger charge is -2.37. The molecule has 4 nitrogen and oxygen atoms in total. The summed E-state index contributed by atoms with van der Waals surface area (Å²) in [7, 11) is 0. The number of fused-ring (bicyclic) bond motifs is 2. The van der Waals surface area contributed by atoms with Gasteiger partial charge in [0.1, 0.15) is 0 Å². The monoisotopic (exact) mass is 304 g/mol. The van der Waals surface area contributed by atoms with Gasteiger partial charge in [0.2, 0.25) is 0 Å². The maximum atomic E-state index is 10.5. The molecule has 0 aliphatic carbocycles.